The van der Waals surface area contributed by atoms with E-state index in [-0.39, 0.29) is 5.56 Å². The van der Waals surface area contributed by atoms with Crippen molar-refractivity contribution in [3.8, 4) is 0 Å². The molecule has 0 aliphatic heterocycles. The summed E-state index contributed by atoms with van der Waals surface area (Å²) >= 11 is 3.42. The lowest BCUT2D eigenvalue weighted by Gasteiger charge is -2.19. The van der Waals surface area contributed by atoms with Crippen molar-refractivity contribution >= 4 is 15.9 Å². The van der Waals surface area contributed by atoms with Gasteiger partial charge in [-0.25, -0.2) is 8.78 Å². The maximum atomic E-state index is 14.2. The molecule has 0 saturated carbocycles. The molecule has 2 aromatic carbocycles. The minimum absolute atomic E-state index is 0.0248. The molecule has 0 fully saturated rings. The Bertz CT molecular complexity index is 617. The summed E-state index contributed by atoms with van der Waals surface area (Å²) in [5, 5.41) is 0. The van der Waals surface area contributed by atoms with Crippen LogP contribution in [-0.2, 0) is 6.42 Å². The number of benzene rings is 2. The topological polar surface area (TPSA) is 38.0 Å². The molecule has 2 aromatic rings. The molecule has 0 aliphatic rings. The van der Waals surface area contributed by atoms with Gasteiger partial charge in [-0.3, -0.25) is 11.3 Å². The van der Waals surface area contributed by atoms with Gasteiger partial charge in [0.25, 0.3) is 0 Å². The van der Waals surface area contributed by atoms with Crippen molar-refractivity contribution in [2.45, 2.75) is 19.4 Å². The van der Waals surface area contributed by atoms with Crippen LogP contribution in [0, 0.1) is 18.6 Å². The molecule has 20 heavy (non-hydrogen) atoms. The number of aryl methyl sites for hydroxylation is 1. The third-order valence-corrected chi connectivity index (χ3v) is 4.02. The minimum Gasteiger partial charge on any atom is -0.271 e. The van der Waals surface area contributed by atoms with E-state index in [0.29, 0.717) is 12.0 Å². The van der Waals surface area contributed by atoms with Crippen LogP contribution in [0.4, 0.5) is 8.78 Å². The number of hydrazine groups is 1. The fraction of sp³-hybridized carbons (Fsp3) is 0.200. The van der Waals surface area contributed by atoms with Crippen LogP contribution in [-0.4, -0.2) is 0 Å². The summed E-state index contributed by atoms with van der Waals surface area (Å²) in [6.45, 7) is 1.60. The molecule has 3 N–H and O–H groups in total. The van der Waals surface area contributed by atoms with E-state index >= 15 is 0 Å². The van der Waals surface area contributed by atoms with Crippen molar-refractivity contribution < 1.29 is 8.78 Å². The number of halogens is 3. The number of nitrogens with two attached hydrogens (primary N) is 1. The summed E-state index contributed by atoms with van der Waals surface area (Å²) in [6.07, 6.45) is 0.384. The van der Waals surface area contributed by atoms with Gasteiger partial charge in [-0.2, -0.15) is 0 Å². The fourth-order valence-corrected chi connectivity index (χ4v) is 2.57. The zero-order valence-corrected chi connectivity index (χ0v) is 12.5. The molecule has 2 nitrogen and oxygen atoms in total. The second kappa shape index (κ2) is 6.43. The van der Waals surface area contributed by atoms with Gasteiger partial charge in [-0.05, 0) is 36.6 Å². The normalized spacial score (nSPS) is 12.4. The third-order valence-electron chi connectivity index (χ3n) is 3.25. The van der Waals surface area contributed by atoms with Gasteiger partial charge in [-0.1, -0.05) is 40.2 Å². The fourth-order valence-electron chi connectivity index (χ4n) is 2.13. The summed E-state index contributed by atoms with van der Waals surface area (Å²) in [5.74, 6) is 4.34. The van der Waals surface area contributed by atoms with Crippen LogP contribution >= 0.6 is 15.9 Å². The van der Waals surface area contributed by atoms with Crippen molar-refractivity contribution in [3.05, 3.63) is 69.2 Å². The summed E-state index contributed by atoms with van der Waals surface area (Å²) < 4.78 is 29.0. The lowest BCUT2D eigenvalue weighted by Crippen LogP contribution is -2.31. The highest BCUT2D eigenvalue weighted by atomic mass is 79.9. The van der Waals surface area contributed by atoms with Crippen LogP contribution in [0.5, 0.6) is 0 Å². The molecule has 5 heteroatoms. The van der Waals surface area contributed by atoms with Crippen LogP contribution in [0.15, 0.2) is 40.9 Å². The van der Waals surface area contributed by atoms with Crippen molar-refractivity contribution in [1.29, 1.82) is 0 Å². The van der Waals surface area contributed by atoms with Crippen molar-refractivity contribution in [1.82, 2.24) is 5.43 Å². The molecule has 0 heterocycles. The summed E-state index contributed by atoms with van der Waals surface area (Å²) in [5.41, 5.74) is 3.80. The highest BCUT2D eigenvalue weighted by molar-refractivity contribution is 9.10. The molecule has 2 rings (SSSR count). The Balaban J connectivity index is 2.39. The lowest BCUT2D eigenvalue weighted by atomic mass is 9.97. The Morgan fingerprint density at radius 2 is 1.90 bits per heavy atom. The average molecular weight is 341 g/mol. The Morgan fingerprint density at radius 1 is 1.20 bits per heavy atom. The molecule has 0 saturated heterocycles. The van der Waals surface area contributed by atoms with Crippen molar-refractivity contribution in [2.75, 3.05) is 0 Å². The largest absolute Gasteiger partial charge is 0.271 e. The first kappa shape index (κ1) is 15.1. The van der Waals surface area contributed by atoms with Gasteiger partial charge in [0.1, 0.15) is 11.6 Å². The van der Waals surface area contributed by atoms with Crippen LogP contribution in [0.1, 0.15) is 22.7 Å². The first-order valence-corrected chi connectivity index (χ1v) is 6.98. The molecule has 0 radical (unpaired) electrons. The average Bonchev–Trinajstić information content (AvgIpc) is 2.44. The molecular formula is C15H15BrF2N2. The highest BCUT2D eigenvalue weighted by Gasteiger charge is 2.21. The summed E-state index contributed by atoms with van der Waals surface area (Å²) in [7, 11) is 0. The van der Waals surface area contributed by atoms with Gasteiger partial charge in [-0.15, -0.1) is 0 Å². The Morgan fingerprint density at radius 3 is 2.55 bits per heavy atom. The van der Waals surface area contributed by atoms with E-state index in [4.69, 9.17) is 5.84 Å². The zero-order valence-electron chi connectivity index (χ0n) is 11.0. The van der Waals surface area contributed by atoms with Crippen LogP contribution in [0.3, 0.4) is 0 Å². The summed E-state index contributed by atoms with van der Waals surface area (Å²) in [6, 6.07) is 9.57. The van der Waals surface area contributed by atoms with E-state index in [1.165, 1.54) is 12.1 Å². The molecule has 0 amide bonds. The molecule has 0 bridgehead atoms. The predicted molar refractivity (Wildman–Crippen MR) is 79.0 cm³/mol. The maximum Gasteiger partial charge on any atom is 0.133 e. The Labute approximate surface area is 125 Å². The van der Waals surface area contributed by atoms with Crippen LogP contribution in [0.2, 0.25) is 0 Å². The number of nitrogens with one attached hydrogen (secondary N) is 1. The first-order valence-electron chi connectivity index (χ1n) is 6.18. The maximum absolute atomic E-state index is 14.2. The standard InChI is InChI=1S/C15H15BrF2N2/c1-9-6-7-12(17)14(15(9)18)13(20-19)8-10-4-2-3-5-11(10)16/h2-7,13,20H,8,19H2,1H3. The van der Waals surface area contributed by atoms with E-state index in [9.17, 15) is 8.78 Å². The minimum atomic E-state index is -0.631. The van der Waals surface area contributed by atoms with E-state index < -0.39 is 17.7 Å². The Kier molecular flexibility index (Phi) is 4.86. The molecule has 0 spiro atoms. The summed E-state index contributed by atoms with van der Waals surface area (Å²) in [4.78, 5) is 0. The smallest absolute Gasteiger partial charge is 0.133 e. The molecular weight excluding hydrogens is 326 g/mol. The second-order valence-corrected chi connectivity index (χ2v) is 5.46. The molecule has 106 valence electrons. The third kappa shape index (κ3) is 3.06. The molecule has 0 aliphatic carbocycles. The van der Waals surface area contributed by atoms with Crippen molar-refractivity contribution in [2.24, 2.45) is 5.84 Å². The van der Waals surface area contributed by atoms with Gasteiger partial charge >= 0.3 is 0 Å². The van der Waals surface area contributed by atoms with E-state index in [1.807, 2.05) is 24.3 Å². The van der Waals surface area contributed by atoms with Gasteiger partial charge < -0.3 is 0 Å². The Hall–Kier alpha value is -1.30. The van der Waals surface area contributed by atoms with Gasteiger partial charge in [0.2, 0.25) is 0 Å². The van der Waals surface area contributed by atoms with E-state index in [1.54, 1.807) is 6.92 Å². The second-order valence-electron chi connectivity index (χ2n) is 4.61. The lowest BCUT2D eigenvalue weighted by molar-refractivity contribution is 0.470. The first-order chi connectivity index (χ1) is 9.54. The number of hydrogen-bond donors (Lipinski definition) is 2. The molecule has 0 aromatic heterocycles. The van der Waals surface area contributed by atoms with Crippen LogP contribution < -0.4 is 11.3 Å². The molecule has 1 atom stereocenters. The van der Waals surface area contributed by atoms with Gasteiger partial charge in [0, 0.05) is 10.0 Å². The quantitative estimate of drug-likeness (QED) is 0.656. The highest BCUT2D eigenvalue weighted by Crippen LogP contribution is 2.28. The molecule has 1 unspecified atom stereocenters. The van der Waals surface area contributed by atoms with Crippen LogP contribution in [0.25, 0.3) is 0 Å². The van der Waals surface area contributed by atoms with Crippen molar-refractivity contribution in [3.63, 3.8) is 0 Å². The van der Waals surface area contributed by atoms with E-state index in [0.717, 1.165) is 10.0 Å². The van der Waals surface area contributed by atoms with E-state index in [2.05, 4.69) is 21.4 Å². The van der Waals surface area contributed by atoms with Gasteiger partial charge in [0.05, 0.1) is 6.04 Å². The monoisotopic (exact) mass is 340 g/mol. The predicted octanol–water partition coefficient (Wildman–Crippen LogP) is 3.78. The van der Waals surface area contributed by atoms with Gasteiger partial charge in [0.15, 0.2) is 0 Å². The SMILES string of the molecule is Cc1ccc(F)c(C(Cc2ccccc2Br)NN)c1F. The zero-order chi connectivity index (χ0) is 14.7. The number of rotatable bonds is 4. The number of hydrogen-bond acceptors (Lipinski definition) is 2.